The molecule has 31 heavy (non-hydrogen) atoms. The van der Waals surface area contributed by atoms with Crippen molar-refractivity contribution in [2.45, 2.75) is 6.54 Å². The Morgan fingerprint density at radius 1 is 0.677 bits per heavy atom. The number of H-pyrrole nitrogens is 1. The molecule has 0 aliphatic heterocycles. The molecule has 5 rings (SSSR count). The van der Waals surface area contributed by atoms with Crippen LogP contribution in [0.2, 0.25) is 0 Å². The second-order valence-electron chi connectivity index (χ2n) is 7.45. The molecule has 1 aromatic heterocycles. The number of para-hydroxylation sites is 2. The van der Waals surface area contributed by atoms with Crippen LogP contribution in [0.15, 0.2) is 120 Å². The van der Waals surface area contributed by atoms with Crippen LogP contribution in [0.3, 0.4) is 0 Å². The first-order valence-electron chi connectivity index (χ1n) is 10.4. The second-order valence-corrected chi connectivity index (χ2v) is 7.45. The molecule has 0 aliphatic rings. The molecule has 0 amide bonds. The molecule has 1 N–H and O–H groups in total. The highest BCUT2D eigenvalue weighted by molar-refractivity contribution is 6.06. The minimum absolute atomic E-state index is 0.699. The number of aromatic nitrogens is 1. The van der Waals surface area contributed by atoms with Crippen LogP contribution >= 0.6 is 0 Å². The summed E-state index contributed by atoms with van der Waals surface area (Å²) >= 11 is 0. The lowest BCUT2D eigenvalue weighted by molar-refractivity contribution is 0.859. The van der Waals surface area contributed by atoms with Crippen molar-refractivity contribution in [3.63, 3.8) is 0 Å². The van der Waals surface area contributed by atoms with Crippen molar-refractivity contribution in [1.82, 2.24) is 4.98 Å². The Kier molecular flexibility index (Phi) is 5.31. The summed E-state index contributed by atoms with van der Waals surface area (Å²) in [4.78, 5) is 3.58. The number of hydrogen-bond acceptors (Lipinski definition) is 2. The van der Waals surface area contributed by atoms with Crippen molar-refractivity contribution in [2.24, 2.45) is 5.10 Å². The summed E-state index contributed by atoms with van der Waals surface area (Å²) < 4.78 is 0. The maximum atomic E-state index is 4.96. The van der Waals surface area contributed by atoms with E-state index in [9.17, 15) is 0 Å². The number of nitrogens with zero attached hydrogens (tertiary/aromatic N) is 2. The van der Waals surface area contributed by atoms with Gasteiger partial charge in [-0.3, -0.25) is 5.01 Å². The highest BCUT2D eigenvalue weighted by Gasteiger charge is 2.12. The van der Waals surface area contributed by atoms with E-state index in [-0.39, 0.29) is 0 Å². The zero-order valence-electron chi connectivity index (χ0n) is 17.1. The smallest absolute Gasteiger partial charge is 0.0666 e. The zero-order valence-corrected chi connectivity index (χ0v) is 17.1. The van der Waals surface area contributed by atoms with Crippen LogP contribution in [-0.2, 0) is 6.54 Å². The Labute approximate surface area is 182 Å². The third-order valence-electron chi connectivity index (χ3n) is 5.36. The van der Waals surface area contributed by atoms with E-state index < -0.39 is 0 Å². The van der Waals surface area contributed by atoms with Crippen LogP contribution in [0, 0.1) is 0 Å². The van der Waals surface area contributed by atoms with Crippen molar-refractivity contribution < 1.29 is 0 Å². The number of hydrazone groups is 1. The molecule has 0 atom stereocenters. The molecule has 0 saturated heterocycles. The number of rotatable bonds is 6. The lowest BCUT2D eigenvalue weighted by Crippen LogP contribution is -2.16. The van der Waals surface area contributed by atoms with E-state index in [1.54, 1.807) is 0 Å². The first-order chi connectivity index (χ1) is 15.4. The molecule has 4 aromatic carbocycles. The highest BCUT2D eigenvalue weighted by Crippen LogP contribution is 2.29. The molecule has 150 valence electrons. The summed E-state index contributed by atoms with van der Waals surface area (Å²) in [7, 11) is 0. The lowest BCUT2D eigenvalue weighted by atomic mass is 10.1. The molecule has 0 saturated carbocycles. The van der Waals surface area contributed by atoms with Crippen molar-refractivity contribution in [3.8, 4) is 11.3 Å². The first-order valence-corrected chi connectivity index (χ1v) is 10.4. The van der Waals surface area contributed by atoms with E-state index in [0.717, 1.165) is 33.4 Å². The third-order valence-corrected chi connectivity index (χ3v) is 5.36. The normalized spacial score (nSPS) is 11.2. The Bertz CT molecular complexity index is 1290. The molecule has 0 fully saturated rings. The summed E-state index contributed by atoms with van der Waals surface area (Å²) in [5.74, 6) is 0. The van der Waals surface area contributed by atoms with Gasteiger partial charge in [-0.25, -0.2) is 0 Å². The van der Waals surface area contributed by atoms with Gasteiger partial charge in [-0.2, -0.15) is 5.10 Å². The lowest BCUT2D eigenvalue weighted by Gasteiger charge is -2.19. The van der Waals surface area contributed by atoms with Crippen LogP contribution in [0.4, 0.5) is 5.69 Å². The van der Waals surface area contributed by atoms with Gasteiger partial charge in [-0.05, 0) is 29.3 Å². The maximum Gasteiger partial charge on any atom is 0.0666 e. The van der Waals surface area contributed by atoms with Gasteiger partial charge in [0.15, 0.2) is 0 Å². The molecule has 3 nitrogen and oxygen atoms in total. The Hall–Kier alpha value is -4.11. The van der Waals surface area contributed by atoms with Crippen LogP contribution < -0.4 is 5.01 Å². The second kappa shape index (κ2) is 8.72. The van der Waals surface area contributed by atoms with E-state index >= 15 is 0 Å². The number of benzene rings is 4. The monoisotopic (exact) mass is 401 g/mol. The first kappa shape index (κ1) is 18.9. The van der Waals surface area contributed by atoms with E-state index in [0.29, 0.717) is 6.54 Å². The maximum absolute atomic E-state index is 4.96. The molecule has 1 heterocycles. The average molecular weight is 402 g/mol. The summed E-state index contributed by atoms with van der Waals surface area (Å²) in [5, 5.41) is 8.17. The van der Waals surface area contributed by atoms with Gasteiger partial charge in [0.1, 0.15) is 0 Å². The fourth-order valence-electron chi connectivity index (χ4n) is 3.81. The molecule has 5 aromatic rings. The molecule has 0 unspecified atom stereocenters. The van der Waals surface area contributed by atoms with Gasteiger partial charge in [0.2, 0.25) is 0 Å². The largest absolute Gasteiger partial charge is 0.354 e. The summed E-state index contributed by atoms with van der Waals surface area (Å²) in [6, 6.07) is 39.5. The van der Waals surface area contributed by atoms with Gasteiger partial charge >= 0.3 is 0 Å². The van der Waals surface area contributed by atoms with E-state index in [1.165, 1.54) is 5.56 Å². The van der Waals surface area contributed by atoms with Crippen LogP contribution in [0.5, 0.6) is 0 Å². The number of hydrogen-bond donors (Lipinski definition) is 1. The van der Waals surface area contributed by atoms with Gasteiger partial charge in [0.05, 0.1) is 24.1 Å². The van der Waals surface area contributed by atoms with Gasteiger partial charge in [0, 0.05) is 16.5 Å². The summed E-state index contributed by atoms with van der Waals surface area (Å²) in [5.41, 5.74) is 6.70. The van der Waals surface area contributed by atoms with Crippen LogP contribution in [0.1, 0.15) is 11.1 Å². The molecule has 0 aliphatic carbocycles. The molecule has 3 heteroatoms. The summed E-state index contributed by atoms with van der Waals surface area (Å²) in [6.07, 6.45) is 1.98. The number of aromatic amines is 1. The van der Waals surface area contributed by atoms with E-state index in [1.807, 2.05) is 41.6 Å². The number of fused-ring (bicyclic) bond motifs is 1. The predicted molar refractivity (Wildman–Crippen MR) is 130 cm³/mol. The van der Waals surface area contributed by atoms with Gasteiger partial charge < -0.3 is 4.98 Å². The SMILES string of the molecule is C(=NN(Cc1ccccc1)c1ccccc1)c1c(-c2ccccc2)[nH]c2ccccc12. The Morgan fingerprint density at radius 2 is 1.29 bits per heavy atom. The van der Waals surface area contributed by atoms with Crippen molar-refractivity contribution >= 4 is 22.8 Å². The predicted octanol–water partition coefficient (Wildman–Crippen LogP) is 6.88. The van der Waals surface area contributed by atoms with Gasteiger partial charge in [0.25, 0.3) is 0 Å². The Morgan fingerprint density at radius 3 is 2.03 bits per heavy atom. The van der Waals surface area contributed by atoms with Gasteiger partial charge in [-0.15, -0.1) is 0 Å². The number of anilines is 1. The standard InChI is InChI=1S/C28H23N3/c1-4-12-22(13-5-1)21-31(24-16-8-3-9-17-24)29-20-26-25-18-10-11-19-27(25)30-28(26)23-14-6-2-7-15-23/h1-20,30H,21H2. The van der Waals surface area contributed by atoms with Crippen molar-refractivity contribution in [3.05, 3.63) is 126 Å². The molecular weight excluding hydrogens is 378 g/mol. The van der Waals surface area contributed by atoms with Crippen molar-refractivity contribution in [1.29, 1.82) is 0 Å². The van der Waals surface area contributed by atoms with Crippen LogP contribution in [0.25, 0.3) is 22.2 Å². The van der Waals surface area contributed by atoms with Crippen LogP contribution in [-0.4, -0.2) is 11.2 Å². The minimum atomic E-state index is 0.699. The number of nitrogens with one attached hydrogen (secondary N) is 1. The molecule has 0 bridgehead atoms. The summed E-state index contributed by atoms with van der Waals surface area (Å²) in [6.45, 7) is 0.699. The minimum Gasteiger partial charge on any atom is -0.354 e. The highest BCUT2D eigenvalue weighted by atomic mass is 15.4. The van der Waals surface area contributed by atoms with E-state index in [4.69, 9.17) is 5.10 Å². The molecule has 0 radical (unpaired) electrons. The quantitative estimate of drug-likeness (QED) is 0.244. The molecule has 0 spiro atoms. The Balaban J connectivity index is 1.58. The average Bonchev–Trinajstić information content (AvgIpc) is 3.22. The third kappa shape index (κ3) is 4.12. The van der Waals surface area contributed by atoms with Gasteiger partial charge in [-0.1, -0.05) is 97.1 Å². The fraction of sp³-hybridized carbons (Fsp3) is 0.0357. The molecular formula is C28H23N3. The zero-order chi connectivity index (χ0) is 20.9. The van der Waals surface area contributed by atoms with E-state index in [2.05, 4.69) is 89.9 Å². The van der Waals surface area contributed by atoms with Crippen molar-refractivity contribution in [2.75, 3.05) is 5.01 Å². The topological polar surface area (TPSA) is 31.4 Å². The fourth-order valence-corrected chi connectivity index (χ4v) is 3.81.